The first-order valence-corrected chi connectivity index (χ1v) is 7.10. The van der Waals surface area contributed by atoms with Crippen LogP contribution >= 0.6 is 15.9 Å². The van der Waals surface area contributed by atoms with Crippen molar-refractivity contribution in [3.8, 4) is 5.75 Å². The van der Waals surface area contributed by atoms with Gasteiger partial charge in [-0.15, -0.1) is 0 Å². The Kier molecular flexibility index (Phi) is 7.29. The maximum absolute atomic E-state index is 5.65. The van der Waals surface area contributed by atoms with E-state index < -0.39 is 0 Å². The Morgan fingerprint density at radius 3 is 2.59 bits per heavy atom. The molecule has 96 valence electrons. The number of rotatable bonds is 8. The molecule has 1 rings (SSSR count). The van der Waals surface area contributed by atoms with Gasteiger partial charge in [-0.3, -0.25) is 0 Å². The van der Waals surface area contributed by atoms with Gasteiger partial charge in [0.1, 0.15) is 5.75 Å². The lowest BCUT2D eigenvalue weighted by molar-refractivity contribution is 0.261. The van der Waals surface area contributed by atoms with E-state index in [-0.39, 0.29) is 0 Å². The summed E-state index contributed by atoms with van der Waals surface area (Å²) in [5, 5.41) is 0. The van der Waals surface area contributed by atoms with Crippen molar-refractivity contribution >= 4 is 15.9 Å². The van der Waals surface area contributed by atoms with Gasteiger partial charge in [0.15, 0.2) is 0 Å². The smallest absolute Gasteiger partial charge is 0.119 e. The highest BCUT2D eigenvalue weighted by Crippen LogP contribution is 2.08. The van der Waals surface area contributed by atoms with E-state index in [4.69, 9.17) is 4.74 Å². The Hall–Kier alpha value is -0.540. The van der Waals surface area contributed by atoms with Gasteiger partial charge in [-0.25, -0.2) is 0 Å². The molecule has 2 nitrogen and oxygen atoms in total. The van der Waals surface area contributed by atoms with E-state index in [9.17, 15) is 0 Å². The van der Waals surface area contributed by atoms with E-state index in [1.807, 2.05) is 30.3 Å². The second-order valence-corrected chi connectivity index (χ2v) is 5.95. The predicted octanol–water partition coefficient (Wildman–Crippen LogP) is 3.56. The van der Waals surface area contributed by atoms with Gasteiger partial charge in [-0.05, 0) is 38.6 Å². The molecular weight excluding hydrogens is 278 g/mol. The first-order valence-electron chi connectivity index (χ1n) is 6.19. The van der Waals surface area contributed by atoms with Gasteiger partial charge in [-0.1, -0.05) is 41.1 Å². The lowest BCUT2D eigenvalue weighted by Crippen LogP contribution is -2.23. The molecule has 1 unspecified atom stereocenters. The molecular formula is C14H22BrNO. The summed E-state index contributed by atoms with van der Waals surface area (Å²) in [4.78, 5) is 2.96. The molecule has 0 heterocycles. The number of hydrogen-bond acceptors (Lipinski definition) is 2. The van der Waals surface area contributed by atoms with E-state index in [0.29, 0.717) is 4.83 Å². The molecule has 1 aromatic rings. The lowest BCUT2D eigenvalue weighted by Gasteiger charge is -2.17. The molecule has 0 N–H and O–H groups in total. The Balaban J connectivity index is 2.04. The Morgan fingerprint density at radius 2 is 1.94 bits per heavy atom. The molecule has 0 aromatic heterocycles. The van der Waals surface area contributed by atoms with Crippen molar-refractivity contribution in [2.24, 2.45) is 0 Å². The number of alkyl halides is 1. The average molecular weight is 300 g/mol. The monoisotopic (exact) mass is 299 g/mol. The van der Waals surface area contributed by atoms with Crippen LogP contribution < -0.4 is 4.74 Å². The third-order valence-corrected chi connectivity index (χ3v) is 3.06. The van der Waals surface area contributed by atoms with Crippen molar-refractivity contribution in [1.82, 2.24) is 4.90 Å². The number of ether oxygens (including phenoxy) is 1. The predicted molar refractivity (Wildman–Crippen MR) is 77.1 cm³/mol. The zero-order valence-corrected chi connectivity index (χ0v) is 12.3. The third kappa shape index (κ3) is 7.40. The highest BCUT2D eigenvalue weighted by atomic mass is 79.9. The van der Waals surface area contributed by atoms with Gasteiger partial charge in [0, 0.05) is 11.4 Å². The normalized spacial score (nSPS) is 12.7. The van der Waals surface area contributed by atoms with Gasteiger partial charge in [0.05, 0.1) is 6.61 Å². The van der Waals surface area contributed by atoms with Crippen molar-refractivity contribution in [2.45, 2.75) is 24.6 Å². The summed E-state index contributed by atoms with van der Waals surface area (Å²) in [5.74, 6) is 0.962. The summed E-state index contributed by atoms with van der Waals surface area (Å²) in [6.45, 7) is 5.20. The molecule has 0 saturated carbocycles. The first kappa shape index (κ1) is 14.5. The molecule has 0 aliphatic rings. The molecule has 17 heavy (non-hydrogen) atoms. The minimum atomic E-state index is 0.602. The van der Waals surface area contributed by atoms with E-state index in [0.717, 1.165) is 31.9 Å². The fourth-order valence-corrected chi connectivity index (χ4v) is 1.76. The zero-order valence-electron chi connectivity index (χ0n) is 10.7. The number of benzene rings is 1. The second kappa shape index (κ2) is 8.54. The molecule has 0 fully saturated rings. The van der Waals surface area contributed by atoms with Crippen LogP contribution in [0.2, 0.25) is 0 Å². The average Bonchev–Trinajstić information content (AvgIpc) is 2.33. The second-order valence-electron chi connectivity index (χ2n) is 4.39. The fraction of sp³-hybridized carbons (Fsp3) is 0.571. The van der Waals surface area contributed by atoms with Crippen LogP contribution in [0, 0.1) is 0 Å². The quantitative estimate of drug-likeness (QED) is 0.537. The summed E-state index contributed by atoms with van der Waals surface area (Å²) in [7, 11) is 2.16. The van der Waals surface area contributed by atoms with Crippen LogP contribution in [0.1, 0.15) is 19.8 Å². The number of para-hydroxylation sites is 1. The summed E-state index contributed by atoms with van der Waals surface area (Å²) < 4.78 is 5.65. The minimum Gasteiger partial charge on any atom is -0.494 e. The third-order valence-electron chi connectivity index (χ3n) is 2.60. The van der Waals surface area contributed by atoms with E-state index >= 15 is 0 Å². The van der Waals surface area contributed by atoms with E-state index in [2.05, 4.69) is 34.8 Å². The molecule has 1 atom stereocenters. The van der Waals surface area contributed by atoms with Crippen LogP contribution in [0.5, 0.6) is 5.75 Å². The van der Waals surface area contributed by atoms with Crippen LogP contribution in [-0.2, 0) is 0 Å². The standard InChI is InChI=1S/C14H22BrNO/c1-13(15)9-11-16(2)10-6-12-17-14-7-4-3-5-8-14/h3-5,7-8,13H,6,9-12H2,1-2H3. The van der Waals surface area contributed by atoms with Crippen molar-refractivity contribution < 1.29 is 4.74 Å². The zero-order chi connectivity index (χ0) is 12.5. The molecule has 0 aliphatic carbocycles. The molecule has 0 amide bonds. The van der Waals surface area contributed by atoms with Crippen LogP contribution in [0.3, 0.4) is 0 Å². The van der Waals surface area contributed by atoms with Crippen molar-refractivity contribution in [3.05, 3.63) is 30.3 Å². The summed E-state index contributed by atoms with van der Waals surface area (Å²) in [5.41, 5.74) is 0. The van der Waals surface area contributed by atoms with Gasteiger partial charge in [0.25, 0.3) is 0 Å². The largest absolute Gasteiger partial charge is 0.494 e. The van der Waals surface area contributed by atoms with Crippen LogP contribution in [-0.4, -0.2) is 36.5 Å². The van der Waals surface area contributed by atoms with E-state index in [1.54, 1.807) is 0 Å². The highest BCUT2D eigenvalue weighted by molar-refractivity contribution is 9.09. The summed E-state index contributed by atoms with van der Waals surface area (Å²) in [6, 6.07) is 9.99. The van der Waals surface area contributed by atoms with Gasteiger partial charge in [0.2, 0.25) is 0 Å². The highest BCUT2D eigenvalue weighted by Gasteiger charge is 2.01. The van der Waals surface area contributed by atoms with E-state index in [1.165, 1.54) is 6.42 Å². The maximum Gasteiger partial charge on any atom is 0.119 e. The molecule has 0 spiro atoms. The minimum absolute atomic E-state index is 0.602. The van der Waals surface area contributed by atoms with Crippen LogP contribution in [0.4, 0.5) is 0 Å². The molecule has 1 aromatic carbocycles. The number of hydrogen-bond donors (Lipinski definition) is 0. The van der Waals surface area contributed by atoms with Crippen LogP contribution in [0.25, 0.3) is 0 Å². The van der Waals surface area contributed by atoms with Crippen molar-refractivity contribution in [2.75, 3.05) is 26.7 Å². The molecule has 0 radical (unpaired) electrons. The van der Waals surface area contributed by atoms with Gasteiger partial charge in [-0.2, -0.15) is 0 Å². The Morgan fingerprint density at radius 1 is 1.24 bits per heavy atom. The fourth-order valence-electron chi connectivity index (χ4n) is 1.55. The maximum atomic E-state index is 5.65. The number of halogens is 1. The Bertz CT molecular complexity index is 290. The lowest BCUT2D eigenvalue weighted by atomic mass is 10.3. The summed E-state index contributed by atoms with van der Waals surface area (Å²) in [6.07, 6.45) is 2.26. The van der Waals surface area contributed by atoms with Crippen molar-refractivity contribution in [1.29, 1.82) is 0 Å². The van der Waals surface area contributed by atoms with Crippen LogP contribution in [0.15, 0.2) is 30.3 Å². The number of nitrogens with zero attached hydrogens (tertiary/aromatic N) is 1. The molecule has 0 saturated heterocycles. The molecule has 3 heteroatoms. The first-order chi connectivity index (χ1) is 8.18. The van der Waals surface area contributed by atoms with Gasteiger partial charge >= 0.3 is 0 Å². The topological polar surface area (TPSA) is 12.5 Å². The molecule has 0 aliphatic heterocycles. The Labute approximate surface area is 113 Å². The summed E-state index contributed by atoms with van der Waals surface area (Å²) >= 11 is 3.56. The van der Waals surface area contributed by atoms with Crippen molar-refractivity contribution in [3.63, 3.8) is 0 Å². The SMILES string of the molecule is CC(Br)CCN(C)CCCOc1ccccc1. The van der Waals surface area contributed by atoms with Gasteiger partial charge < -0.3 is 9.64 Å². The molecule has 0 bridgehead atoms.